The summed E-state index contributed by atoms with van der Waals surface area (Å²) in [5.41, 5.74) is 5.86. The molecule has 3 N–H and O–H groups in total. The summed E-state index contributed by atoms with van der Waals surface area (Å²) in [5, 5.41) is 5.28. The van der Waals surface area contributed by atoms with Gasteiger partial charge in [0.15, 0.2) is 5.96 Å². The standard InChI is InChI=1S/C13H22N4S.HI/c1-17-8-2-4-11(17)10-16-13(14)15-7-6-12-5-3-9-18-12;/h3,5,9,11H,2,4,6-8,10H2,1H3,(H3,14,15,16);1H. The van der Waals surface area contributed by atoms with Gasteiger partial charge in [-0.3, -0.25) is 4.99 Å². The first kappa shape index (κ1) is 16.7. The number of thiophene rings is 1. The average Bonchev–Trinajstić information content (AvgIpc) is 2.98. The van der Waals surface area contributed by atoms with Gasteiger partial charge in [-0.25, -0.2) is 0 Å². The molecular weight excluding hydrogens is 371 g/mol. The van der Waals surface area contributed by atoms with Gasteiger partial charge in [0, 0.05) is 17.5 Å². The maximum atomic E-state index is 5.86. The Morgan fingerprint density at radius 3 is 3.11 bits per heavy atom. The van der Waals surface area contributed by atoms with E-state index >= 15 is 0 Å². The van der Waals surface area contributed by atoms with E-state index < -0.39 is 0 Å². The molecule has 1 aliphatic heterocycles. The Morgan fingerprint density at radius 2 is 2.47 bits per heavy atom. The molecule has 6 heteroatoms. The number of aliphatic imine (C=N–C) groups is 1. The van der Waals surface area contributed by atoms with Crippen LogP contribution in [0.25, 0.3) is 0 Å². The van der Waals surface area contributed by atoms with Gasteiger partial charge in [0.1, 0.15) is 0 Å². The van der Waals surface area contributed by atoms with E-state index in [4.69, 9.17) is 5.73 Å². The molecule has 1 fully saturated rings. The second-order valence-electron chi connectivity index (χ2n) is 4.76. The van der Waals surface area contributed by atoms with Crippen LogP contribution in [0.5, 0.6) is 0 Å². The van der Waals surface area contributed by atoms with Gasteiger partial charge in [0.2, 0.25) is 0 Å². The van der Waals surface area contributed by atoms with Crippen molar-refractivity contribution in [1.29, 1.82) is 0 Å². The molecule has 19 heavy (non-hydrogen) atoms. The lowest BCUT2D eigenvalue weighted by atomic mass is 10.2. The smallest absolute Gasteiger partial charge is 0.188 e. The van der Waals surface area contributed by atoms with Gasteiger partial charge in [-0.1, -0.05) is 6.07 Å². The number of hydrogen-bond donors (Lipinski definition) is 2. The van der Waals surface area contributed by atoms with E-state index in [9.17, 15) is 0 Å². The van der Waals surface area contributed by atoms with Gasteiger partial charge in [-0.05, 0) is 44.3 Å². The minimum Gasteiger partial charge on any atom is -0.370 e. The Morgan fingerprint density at radius 1 is 1.63 bits per heavy atom. The number of nitrogens with two attached hydrogens (primary N) is 1. The molecule has 4 nitrogen and oxygen atoms in total. The van der Waals surface area contributed by atoms with Gasteiger partial charge in [0.05, 0.1) is 6.54 Å². The second-order valence-corrected chi connectivity index (χ2v) is 5.79. The molecule has 1 unspecified atom stereocenters. The Bertz CT molecular complexity index is 380. The fraction of sp³-hybridized carbons (Fsp3) is 0.615. The quantitative estimate of drug-likeness (QED) is 0.456. The van der Waals surface area contributed by atoms with Crippen molar-refractivity contribution in [2.45, 2.75) is 25.3 Å². The molecule has 1 saturated heterocycles. The summed E-state index contributed by atoms with van der Waals surface area (Å²) < 4.78 is 0. The molecule has 0 aromatic carbocycles. The highest BCUT2D eigenvalue weighted by Crippen LogP contribution is 2.14. The molecule has 1 aromatic rings. The summed E-state index contributed by atoms with van der Waals surface area (Å²) in [6, 6.07) is 4.79. The molecule has 0 bridgehead atoms. The third kappa shape index (κ3) is 5.66. The molecular formula is C13H23IN4S. The molecule has 0 spiro atoms. The minimum atomic E-state index is 0. The van der Waals surface area contributed by atoms with Crippen molar-refractivity contribution < 1.29 is 0 Å². The molecule has 1 aliphatic rings. The normalized spacial score (nSPS) is 20.3. The zero-order chi connectivity index (χ0) is 12.8. The van der Waals surface area contributed by atoms with Crippen molar-refractivity contribution in [1.82, 2.24) is 10.2 Å². The number of likely N-dealkylation sites (N-methyl/N-ethyl adjacent to an activating group) is 1. The lowest BCUT2D eigenvalue weighted by Crippen LogP contribution is -2.35. The van der Waals surface area contributed by atoms with E-state index in [1.165, 1.54) is 24.3 Å². The SMILES string of the molecule is CN1CCCC1CN=C(N)NCCc1cccs1.I. The van der Waals surface area contributed by atoms with Crippen LogP contribution in [0.4, 0.5) is 0 Å². The Hall–Kier alpha value is -0.340. The zero-order valence-electron chi connectivity index (χ0n) is 11.3. The topological polar surface area (TPSA) is 53.6 Å². The largest absolute Gasteiger partial charge is 0.370 e. The number of guanidine groups is 1. The third-order valence-corrected chi connectivity index (χ3v) is 4.34. The van der Waals surface area contributed by atoms with Crippen LogP contribution in [0.2, 0.25) is 0 Å². The van der Waals surface area contributed by atoms with E-state index in [-0.39, 0.29) is 24.0 Å². The number of nitrogens with zero attached hydrogens (tertiary/aromatic N) is 2. The zero-order valence-corrected chi connectivity index (χ0v) is 14.5. The molecule has 1 aromatic heterocycles. The average molecular weight is 394 g/mol. The van der Waals surface area contributed by atoms with Gasteiger partial charge < -0.3 is 16.0 Å². The van der Waals surface area contributed by atoms with Crippen LogP contribution in [-0.4, -0.2) is 43.6 Å². The molecule has 0 radical (unpaired) electrons. The summed E-state index contributed by atoms with van der Waals surface area (Å²) in [6.07, 6.45) is 3.53. The van der Waals surface area contributed by atoms with Crippen molar-refractivity contribution in [3.63, 3.8) is 0 Å². The molecule has 2 heterocycles. The molecule has 0 aliphatic carbocycles. The van der Waals surface area contributed by atoms with Crippen LogP contribution in [-0.2, 0) is 6.42 Å². The summed E-state index contributed by atoms with van der Waals surface area (Å²) in [7, 11) is 2.16. The number of hydrogen-bond acceptors (Lipinski definition) is 3. The van der Waals surface area contributed by atoms with Crippen LogP contribution in [0.1, 0.15) is 17.7 Å². The van der Waals surface area contributed by atoms with Crippen LogP contribution in [0.15, 0.2) is 22.5 Å². The van der Waals surface area contributed by atoms with Gasteiger partial charge in [-0.15, -0.1) is 35.3 Å². The van der Waals surface area contributed by atoms with Crippen molar-refractivity contribution in [3.05, 3.63) is 22.4 Å². The predicted octanol–water partition coefficient (Wildman–Crippen LogP) is 1.91. The number of halogens is 1. The summed E-state index contributed by atoms with van der Waals surface area (Å²) >= 11 is 1.78. The number of rotatable bonds is 5. The highest BCUT2D eigenvalue weighted by atomic mass is 127. The van der Waals surface area contributed by atoms with Crippen molar-refractivity contribution in [2.75, 3.05) is 26.7 Å². The summed E-state index contributed by atoms with van der Waals surface area (Å²) in [5.74, 6) is 0.576. The first-order valence-corrected chi connectivity index (χ1v) is 7.40. The molecule has 0 amide bonds. The Balaban J connectivity index is 0.00000180. The van der Waals surface area contributed by atoms with Crippen LogP contribution >= 0.6 is 35.3 Å². The van der Waals surface area contributed by atoms with Gasteiger partial charge in [0.25, 0.3) is 0 Å². The molecule has 2 rings (SSSR count). The van der Waals surface area contributed by atoms with Crippen LogP contribution in [0, 0.1) is 0 Å². The first-order chi connectivity index (χ1) is 8.75. The van der Waals surface area contributed by atoms with Crippen molar-refractivity contribution in [3.8, 4) is 0 Å². The van der Waals surface area contributed by atoms with E-state index in [0.29, 0.717) is 12.0 Å². The first-order valence-electron chi connectivity index (χ1n) is 6.52. The van der Waals surface area contributed by atoms with E-state index in [2.05, 4.69) is 39.8 Å². The Kier molecular flexibility index (Phi) is 7.70. The summed E-state index contributed by atoms with van der Waals surface area (Å²) in [6.45, 7) is 2.86. The van der Waals surface area contributed by atoms with Crippen molar-refractivity contribution >= 4 is 41.3 Å². The van der Waals surface area contributed by atoms with Gasteiger partial charge >= 0.3 is 0 Å². The number of nitrogens with one attached hydrogen (secondary N) is 1. The van der Waals surface area contributed by atoms with Gasteiger partial charge in [-0.2, -0.15) is 0 Å². The highest BCUT2D eigenvalue weighted by molar-refractivity contribution is 14.0. The molecule has 1 atom stereocenters. The van der Waals surface area contributed by atoms with E-state index in [0.717, 1.165) is 19.5 Å². The predicted molar refractivity (Wildman–Crippen MR) is 93.6 cm³/mol. The lowest BCUT2D eigenvalue weighted by molar-refractivity contribution is 0.317. The maximum Gasteiger partial charge on any atom is 0.188 e. The fourth-order valence-electron chi connectivity index (χ4n) is 2.24. The Labute approximate surface area is 136 Å². The monoisotopic (exact) mass is 394 g/mol. The minimum absolute atomic E-state index is 0. The molecule has 0 saturated carbocycles. The highest BCUT2D eigenvalue weighted by Gasteiger charge is 2.19. The number of likely N-dealkylation sites (tertiary alicyclic amines) is 1. The summed E-state index contributed by atoms with van der Waals surface area (Å²) in [4.78, 5) is 8.16. The second kappa shape index (κ2) is 8.76. The third-order valence-electron chi connectivity index (χ3n) is 3.40. The molecule has 108 valence electrons. The van der Waals surface area contributed by atoms with E-state index in [1.807, 2.05) is 0 Å². The van der Waals surface area contributed by atoms with Crippen molar-refractivity contribution in [2.24, 2.45) is 10.7 Å². The lowest BCUT2D eigenvalue weighted by Gasteiger charge is -2.17. The maximum absolute atomic E-state index is 5.86. The van der Waals surface area contributed by atoms with E-state index in [1.54, 1.807) is 11.3 Å². The fourth-order valence-corrected chi connectivity index (χ4v) is 2.95. The van der Waals surface area contributed by atoms with Crippen LogP contribution < -0.4 is 11.1 Å². The van der Waals surface area contributed by atoms with Crippen LogP contribution in [0.3, 0.4) is 0 Å².